The molecule has 2 aromatic carbocycles. The Morgan fingerprint density at radius 3 is 2.35 bits per heavy atom. The van der Waals surface area contributed by atoms with Gasteiger partial charge in [0.2, 0.25) is 0 Å². The molecule has 2 aromatic rings. The molecule has 5 nitrogen and oxygen atoms in total. The van der Waals surface area contributed by atoms with E-state index in [0.717, 1.165) is 15.6 Å². The maximum absolute atomic E-state index is 12.7. The molecule has 0 heterocycles. The van der Waals surface area contributed by atoms with E-state index >= 15 is 0 Å². The van der Waals surface area contributed by atoms with E-state index in [1.165, 1.54) is 4.90 Å². The first-order valence-electron chi connectivity index (χ1n) is 8.29. The van der Waals surface area contributed by atoms with Crippen molar-refractivity contribution in [2.45, 2.75) is 39.5 Å². The molecule has 0 radical (unpaired) electrons. The zero-order valence-electron chi connectivity index (χ0n) is 15.0. The monoisotopic (exact) mass is 419 g/mol. The van der Waals surface area contributed by atoms with E-state index in [1.807, 2.05) is 43.3 Å². The number of aliphatic carboxylic acids is 1. The van der Waals surface area contributed by atoms with Crippen molar-refractivity contribution in [3.63, 3.8) is 0 Å². The number of benzene rings is 2. The smallest absolute Gasteiger partial charge is 0.411 e. The van der Waals surface area contributed by atoms with Crippen molar-refractivity contribution in [2.24, 2.45) is 0 Å². The summed E-state index contributed by atoms with van der Waals surface area (Å²) in [7, 11) is 0. The average molecular weight is 420 g/mol. The molecule has 1 atom stereocenters. The third-order valence-corrected chi connectivity index (χ3v) is 4.85. The van der Waals surface area contributed by atoms with E-state index in [-0.39, 0.29) is 12.6 Å². The summed E-state index contributed by atoms with van der Waals surface area (Å²) in [6.45, 7) is 5.54. The maximum Gasteiger partial charge on any atom is 0.411 e. The van der Waals surface area contributed by atoms with Gasteiger partial charge in [0.15, 0.2) is 6.04 Å². The number of carbonyl (C=O) groups is 2. The molecule has 1 N–H and O–H groups in total. The summed E-state index contributed by atoms with van der Waals surface area (Å²) in [4.78, 5) is 25.9. The number of halogens is 1. The Kier molecular flexibility index (Phi) is 6.80. The minimum Gasteiger partial charge on any atom is -0.479 e. The number of carboxylic acids is 1. The van der Waals surface area contributed by atoms with Crippen LogP contribution in [0.2, 0.25) is 0 Å². The van der Waals surface area contributed by atoms with Crippen LogP contribution < -0.4 is 0 Å². The summed E-state index contributed by atoms with van der Waals surface area (Å²) in [5.74, 6) is -1.11. The van der Waals surface area contributed by atoms with Gasteiger partial charge in [-0.1, -0.05) is 58.4 Å². The number of amides is 1. The van der Waals surface area contributed by atoms with Gasteiger partial charge >= 0.3 is 12.1 Å². The molecule has 2 rings (SSSR count). The lowest BCUT2D eigenvalue weighted by molar-refractivity contribution is -0.143. The largest absolute Gasteiger partial charge is 0.479 e. The fraction of sp³-hybridized carbons (Fsp3) is 0.300. The van der Waals surface area contributed by atoms with E-state index in [4.69, 9.17) is 4.74 Å². The summed E-state index contributed by atoms with van der Waals surface area (Å²) in [5, 5.41) is 9.78. The predicted molar refractivity (Wildman–Crippen MR) is 103 cm³/mol. The summed E-state index contributed by atoms with van der Waals surface area (Å²) >= 11 is 3.42. The van der Waals surface area contributed by atoms with Crippen LogP contribution in [0.15, 0.2) is 53.0 Å². The Balaban J connectivity index is 2.27. The van der Waals surface area contributed by atoms with E-state index in [9.17, 15) is 14.7 Å². The first kappa shape index (κ1) is 20.0. The molecule has 0 aliphatic carbocycles. The third kappa shape index (κ3) is 4.85. The van der Waals surface area contributed by atoms with Gasteiger partial charge < -0.3 is 9.84 Å². The van der Waals surface area contributed by atoms with Crippen molar-refractivity contribution in [3.05, 3.63) is 69.7 Å². The lowest BCUT2D eigenvalue weighted by Gasteiger charge is -2.32. The fourth-order valence-corrected chi connectivity index (χ4v) is 3.01. The second-order valence-electron chi connectivity index (χ2n) is 6.29. The number of ether oxygens (including phenoxy) is 1. The first-order valence-corrected chi connectivity index (χ1v) is 9.08. The van der Waals surface area contributed by atoms with Gasteiger partial charge in [0, 0.05) is 10.5 Å². The average Bonchev–Trinajstić information content (AvgIpc) is 2.60. The molecule has 1 unspecified atom stereocenters. The number of hydrogen-bond donors (Lipinski definition) is 1. The highest BCUT2D eigenvalue weighted by Crippen LogP contribution is 2.28. The highest BCUT2D eigenvalue weighted by molar-refractivity contribution is 9.10. The molecular formula is C20H22BrNO4. The molecule has 1 amide bonds. The quantitative estimate of drug-likeness (QED) is 0.720. The molecule has 0 aromatic heterocycles. The van der Waals surface area contributed by atoms with Crippen molar-refractivity contribution in [1.29, 1.82) is 0 Å². The van der Waals surface area contributed by atoms with Gasteiger partial charge in [0.1, 0.15) is 6.61 Å². The highest BCUT2D eigenvalue weighted by Gasteiger charge is 2.34. The van der Waals surface area contributed by atoms with Crippen LogP contribution in [0.1, 0.15) is 36.6 Å². The third-order valence-electron chi connectivity index (χ3n) is 4.00. The molecule has 0 fully saturated rings. The first-order chi connectivity index (χ1) is 12.3. The Morgan fingerprint density at radius 2 is 1.81 bits per heavy atom. The molecule has 138 valence electrons. The van der Waals surface area contributed by atoms with Crippen molar-refractivity contribution in [2.75, 3.05) is 0 Å². The second kappa shape index (κ2) is 8.85. The summed E-state index contributed by atoms with van der Waals surface area (Å²) in [5.41, 5.74) is 2.34. The van der Waals surface area contributed by atoms with Crippen LogP contribution in [0, 0.1) is 6.92 Å². The van der Waals surface area contributed by atoms with Crippen LogP contribution in [-0.2, 0) is 16.1 Å². The summed E-state index contributed by atoms with van der Waals surface area (Å²) < 4.78 is 6.16. The van der Waals surface area contributed by atoms with Crippen LogP contribution in [0.5, 0.6) is 0 Å². The van der Waals surface area contributed by atoms with Gasteiger partial charge in [0.25, 0.3) is 0 Å². The van der Waals surface area contributed by atoms with E-state index in [2.05, 4.69) is 15.9 Å². The Labute approximate surface area is 161 Å². The molecule has 0 saturated carbocycles. The molecular weight excluding hydrogens is 398 g/mol. The van der Waals surface area contributed by atoms with Crippen molar-refractivity contribution < 1.29 is 19.4 Å². The maximum atomic E-state index is 12.7. The number of aryl methyl sites for hydroxylation is 1. The van der Waals surface area contributed by atoms with Gasteiger partial charge in [0.05, 0.1) is 0 Å². The highest BCUT2D eigenvalue weighted by atomic mass is 79.9. The molecule has 26 heavy (non-hydrogen) atoms. The van der Waals surface area contributed by atoms with Gasteiger partial charge in [-0.3, -0.25) is 4.90 Å². The van der Waals surface area contributed by atoms with Crippen LogP contribution in [0.3, 0.4) is 0 Å². The fourth-order valence-electron chi connectivity index (χ4n) is 2.61. The van der Waals surface area contributed by atoms with Crippen LogP contribution >= 0.6 is 15.9 Å². The van der Waals surface area contributed by atoms with Gasteiger partial charge in [-0.25, -0.2) is 9.59 Å². The SMILES string of the molecule is Cc1ccc(C(C(=O)O)N(C(=O)OCc2ccccc2)C(C)C)cc1Br. The lowest BCUT2D eigenvalue weighted by atomic mass is 10.0. The zero-order valence-corrected chi connectivity index (χ0v) is 16.6. The second-order valence-corrected chi connectivity index (χ2v) is 7.14. The number of hydrogen-bond acceptors (Lipinski definition) is 3. The molecule has 0 bridgehead atoms. The normalized spacial score (nSPS) is 11.9. The number of nitrogens with zero attached hydrogens (tertiary/aromatic N) is 1. The minimum atomic E-state index is -1.13. The molecule has 0 spiro atoms. The molecule has 0 aliphatic heterocycles. The van der Waals surface area contributed by atoms with E-state index in [0.29, 0.717) is 5.56 Å². The van der Waals surface area contributed by atoms with Gasteiger partial charge in [-0.05, 0) is 43.5 Å². The lowest BCUT2D eigenvalue weighted by Crippen LogP contribution is -2.43. The van der Waals surface area contributed by atoms with Crippen molar-refractivity contribution >= 4 is 28.0 Å². The Hall–Kier alpha value is -2.34. The molecule has 0 saturated heterocycles. The van der Waals surface area contributed by atoms with E-state index in [1.54, 1.807) is 26.0 Å². The zero-order chi connectivity index (χ0) is 19.3. The van der Waals surface area contributed by atoms with Crippen LogP contribution in [-0.4, -0.2) is 28.1 Å². The number of carboxylic acid groups (broad SMARTS) is 1. The summed E-state index contributed by atoms with van der Waals surface area (Å²) in [6, 6.07) is 13.1. The topological polar surface area (TPSA) is 66.8 Å². The molecule has 6 heteroatoms. The van der Waals surface area contributed by atoms with Crippen molar-refractivity contribution in [3.8, 4) is 0 Å². The standard InChI is InChI=1S/C20H22BrNO4/c1-13(2)22(20(25)26-12-15-7-5-4-6-8-15)18(19(23)24)16-10-9-14(3)17(21)11-16/h4-11,13,18H,12H2,1-3H3,(H,23,24). The minimum absolute atomic E-state index is 0.0901. The van der Waals surface area contributed by atoms with Gasteiger partial charge in [-0.15, -0.1) is 0 Å². The number of carbonyl (C=O) groups excluding carboxylic acids is 1. The Morgan fingerprint density at radius 1 is 1.15 bits per heavy atom. The van der Waals surface area contributed by atoms with Crippen LogP contribution in [0.4, 0.5) is 4.79 Å². The number of rotatable bonds is 6. The molecule has 0 aliphatic rings. The van der Waals surface area contributed by atoms with Gasteiger partial charge in [-0.2, -0.15) is 0 Å². The predicted octanol–water partition coefficient (Wildman–Crippen LogP) is 4.93. The van der Waals surface area contributed by atoms with E-state index < -0.39 is 18.1 Å². The summed E-state index contributed by atoms with van der Waals surface area (Å²) in [6.07, 6.45) is -0.659. The Bertz CT molecular complexity index is 777. The van der Waals surface area contributed by atoms with Crippen LogP contribution in [0.25, 0.3) is 0 Å². The van der Waals surface area contributed by atoms with Crippen molar-refractivity contribution in [1.82, 2.24) is 4.90 Å².